The molecule has 0 fully saturated rings. The maximum absolute atomic E-state index is 6.35. The van der Waals surface area contributed by atoms with Crippen LogP contribution in [0.2, 0.25) is 5.28 Å². The van der Waals surface area contributed by atoms with Gasteiger partial charge in [-0.25, -0.2) is 9.97 Å². The van der Waals surface area contributed by atoms with Crippen molar-refractivity contribution >= 4 is 43.2 Å². The van der Waals surface area contributed by atoms with E-state index in [-0.39, 0.29) is 5.28 Å². The van der Waals surface area contributed by atoms with Crippen molar-refractivity contribution in [2.75, 3.05) is 0 Å². The lowest BCUT2D eigenvalue weighted by atomic mass is 9.99. The molecular formula is C28H17ClN2S. The fraction of sp³-hybridized carbons (Fsp3) is 0. The van der Waals surface area contributed by atoms with Crippen molar-refractivity contribution in [3.63, 3.8) is 0 Å². The van der Waals surface area contributed by atoms with E-state index in [0.717, 1.165) is 32.4 Å². The van der Waals surface area contributed by atoms with Gasteiger partial charge in [0.15, 0.2) is 0 Å². The van der Waals surface area contributed by atoms with Gasteiger partial charge in [0.2, 0.25) is 5.28 Å². The zero-order valence-corrected chi connectivity index (χ0v) is 18.6. The van der Waals surface area contributed by atoms with Crippen LogP contribution in [-0.2, 0) is 0 Å². The first kappa shape index (κ1) is 19.2. The van der Waals surface area contributed by atoms with Crippen LogP contribution < -0.4 is 0 Å². The molecule has 0 aliphatic rings. The molecule has 0 bridgehead atoms. The van der Waals surface area contributed by atoms with Gasteiger partial charge in [0.1, 0.15) is 0 Å². The first-order chi connectivity index (χ1) is 15.8. The highest BCUT2D eigenvalue weighted by Crippen LogP contribution is 2.40. The summed E-state index contributed by atoms with van der Waals surface area (Å²) in [6.45, 7) is 0. The van der Waals surface area contributed by atoms with E-state index >= 15 is 0 Å². The maximum Gasteiger partial charge on any atom is 0.223 e. The van der Waals surface area contributed by atoms with Crippen molar-refractivity contribution in [2.45, 2.75) is 0 Å². The molecule has 0 saturated carbocycles. The van der Waals surface area contributed by atoms with Crippen LogP contribution in [0, 0.1) is 0 Å². The third-order valence-electron chi connectivity index (χ3n) is 5.66. The summed E-state index contributed by atoms with van der Waals surface area (Å²) < 4.78 is 2.24. The molecule has 6 aromatic rings. The number of nitrogens with zero attached hydrogens (tertiary/aromatic N) is 2. The fourth-order valence-corrected chi connectivity index (χ4v) is 5.38. The van der Waals surface area contributed by atoms with Crippen molar-refractivity contribution in [1.29, 1.82) is 0 Å². The lowest BCUT2D eigenvalue weighted by Gasteiger charge is -2.06. The number of thiophene rings is 1. The highest BCUT2D eigenvalue weighted by Gasteiger charge is 2.15. The Morgan fingerprint density at radius 1 is 0.562 bits per heavy atom. The molecule has 4 heteroatoms. The largest absolute Gasteiger partial charge is 0.223 e. The Labute approximate surface area is 194 Å². The summed E-state index contributed by atoms with van der Waals surface area (Å²) in [6.07, 6.45) is 0. The van der Waals surface area contributed by atoms with E-state index in [0.29, 0.717) is 0 Å². The van der Waals surface area contributed by atoms with Gasteiger partial charge in [-0.15, -0.1) is 11.3 Å². The van der Waals surface area contributed by atoms with E-state index in [4.69, 9.17) is 11.6 Å². The van der Waals surface area contributed by atoms with Crippen LogP contribution in [0.1, 0.15) is 0 Å². The summed E-state index contributed by atoms with van der Waals surface area (Å²) in [7, 11) is 0. The maximum atomic E-state index is 6.35. The SMILES string of the molecule is Clc1nc(-c2ccccc2)c2sc3ccc(-c4ccc(-c5ccccc5)cc4)cc3c2n1. The lowest BCUT2D eigenvalue weighted by Crippen LogP contribution is -1.88. The summed E-state index contributed by atoms with van der Waals surface area (Å²) in [5, 5.41) is 1.38. The normalized spacial score (nSPS) is 11.3. The van der Waals surface area contributed by atoms with Crippen LogP contribution in [0.3, 0.4) is 0 Å². The zero-order chi connectivity index (χ0) is 21.5. The third-order valence-corrected chi connectivity index (χ3v) is 6.99. The Morgan fingerprint density at radius 2 is 1.12 bits per heavy atom. The van der Waals surface area contributed by atoms with E-state index in [2.05, 4.69) is 88.8 Å². The summed E-state index contributed by atoms with van der Waals surface area (Å²) in [5.74, 6) is 0. The second kappa shape index (κ2) is 7.86. The molecule has 0 radical (unpaired) electrons. The minimum atomic E-state index is 0.272. The van der Waals surface area contributed by atoms with Gasteiger partial charge < -0.3 is 0 Å². The molecule has 0 saturated heterocycles. The van der Waals surface area contributed by atoms with Gasteiger partial charge >= 0.3 is 0 Å². The molecular weight excluding hydrogens is 432 g/mol. The van der Waals surface area contributed by atoms with E-state index in [9.17, 15) is 0 Å². The number of aromatic nitrogens is 2. The van der Waals surface area contributed by atoms with Gasteiger partial charge in [0.25, 0.3) is 0 Å². The average molecular weight is 449 g/mol. The van der Waals surface area contributed by atoms with Gasteiger partial charge in [-0.2, -0.15) is 0 Å². The molecule has 0 amide bonds. The number of hydrogen-bond acceptors (Lipinski definition) is 3. The van der Waals surface area contributed by atoms with Gasteiger partial charge in [0, 0.05) is 15.6 Å². The molecule has 0 aliphatic heterocycles. The minimum Gasteiger partial charge on any atom is -0.216 e. The summed E-state index contributed by atoms with van der Waals surface area (Å²) in [4.78, 5) is 9.15. The van der Waals surface area contributed by atoms with Crippen molar-refractivity contribution in [3.05, 3.63) is 108 Å². The van der Waals surface area contributed by atoms with E-state index in [1.54, 1.807) is 11.3 Å². The first-order valence-corrected chi connectivity index (χ1v) is 11.6. The summed E-state index contributed by atoms with van der Waals surface area (Å²) in [5.41, 5.74) is 7.61. The van der Waals surface area contributed by atoms with E-state index < -0.39 is 0 Å². The quantitative estimate of drug-likeness (QED) is 0.253. The molecule has 0 spiro atoms. The topological polar surface area (TPSA) is 25.8 Å². The molecule has 152 valence electrons. The molecule has 4 aromatic carbocycles. The molecule has 0 N–H and O–H groups in total. The van der Waals surface area contributed by atoms with Gasteiger partial charge in [-0.1, -0.05) is 91.0 Å². The second-order valence-corrected chi connectivity index (χ2v) is 9.03. The van der Waals surface area contributed by atoms with Crippen LogP contribution in [0.25, 0.3) is 53.8 Å². The second-order valence-electron chi connectivity index (χ2n) is 7.64. The third kappa shape index (κ3) is 3.36. The Kier molecular flexibility index (Phi) is 4.71. The molecule has 0 aliphatic carbocycles. The molecule has 6 rings (SSSR count). The standard InChI is InChI=1S/C28H17ClN2S/c29-28-30-25(21-9-5-2-6-10-21)27-26(31-28)23-17-22(15-16-24(23)32-27)20-13-11-19(12-14-20)18-7-3-1-4-8-18/h1-17H. The first-order valence-electron chi connectivity index (χ1n) is 10.4. The predicted molar refractivity (Wildman–Crippen MR) is 136 cm³/mol. The zero-order valence-electron chi connectivity index (χ0n) is 17.0. The van der Waals surface area contributed by atoms with Crippen LogP contribution in [0.15, 0.2) is 103 Å². The van der Waals surface area contributed by atoms with Gasteiger partial charge in [-0.05, 0) is 46.0 Å². The summed E-state index contributed by atoms with van der Waals surface area (Å²) >= 11 is 8.06. The lowest BCUT2D eigenvalue weighted by molar-refractivity contribution is 1.24. The molecule has 2 aromatic heterocycles. The van der Waals surface area contributed by atoms with Crippen molar-refractivity contribution < 1.29 is 0 Å². The summed E-state index contributed by atoms with van der Waals surface area (Å²) in [6, 6.07) is 35.8. The highest BCUT2D eigenvalue weighted by molar-refractivity contribution is 7.26. The number of benzene rings is 4. The number of halogens is 1. The van der Waals surface area contributed by atoms with Crippen LogP contribution in [0.5, 0.6) is 0 Å². The fourth-order valence-electron chi connectivity index (χ4n) is 4.07. The number of rotatable bonds is 3. The molecule has 2 nitrogen and oxygen atoms in total. The Bertz CT molecular complexity index is 1560. The smallest absolute Gasteiger partial charge is 0.216 e. The van der Waals surface area contributed by atoms with Crippen LogP contribution in [-0.4, -0.2) is 9.97 Å². The average Bonchev–Trinajstić information content (AvgIpc) is 3.22. The minimum absolute atomic E-state index is 0.272. The Morgan fingerprint density at radius 3 is 1.81 bits per heavy atom. The van der Waals surface area contributed by atoms with Gasteiger partial charge in [0.05, 0.1) is 15.9 Å². The highest BCUT2D eigenvalue weighted by atomic mass is 35.5. The predicted octanol–water partition coefficient (Wildman–Crippen LogP) is 8.50. The number of hydrogen-bond donors (Lipinski definition) is 0. The van der Waals surface area contributed by atoms with Crippen LogP contribution in [0.4, 0.5) is 0 Å². The van der Waals surface area contributed by atoms with Gasteiger partial charge in [-0.3, -0.25) is 0 Å². The number of fused-ring (bicyclic) bond motifs is 3. The Balaban J connectivity index is 1.48. The molecule has 0 atom stereocenters. The van der Waals surface area contributed by atoms with Crippen LogP contribution >= 0.6 is 22.9 Å². The van der Waals surface area contributed by atoms with Crippen molar-refractivity contribution in [3.8, 4) is 33.5 Å². The van der Waals surface area contributed by atoms with E-state index in [1.807, 2.05) is 24.3 Å². The van der Waals surface area contributed by atoms with E-state index in [1.165, 1.54) is 21.4 Å². The van der Waals surface area contributed by atoms with Crippen molar-refractivity contribution in [2.24, 2.45) is 0 Å². The molecule has 2 heterocycles. The monoisotopic (exact) mass is 448 g/mol. The Hall–Kier alpha value is -3.53. The van der Waals surface area contributed by atoms with Crippen molar-refractivity contribution in [1.82, 2.24) is 9.97 Å². The molecule has 0 unspecified atom stereocenters. The molecule has 32 heavy (non-hydrogen) atoms.